The van der Waals surface area contributed by atoms with Gasteiger partial charge in [0.2, 0.25) is 5.76 Å². The lowest BCUT2D eigenvalue weighted by Gasteiger charge is -2.19. The normalized spacial score (nSPS) is 11.6. The van der Waals surface area contributed by atoms with Gasteiger partial charge in [0, 0.05) is 12.1 Å². The molecule has 0 bridgehead atoms. The molecule has 0 amide bonds. The lowest BCUT2D eigenvalue weighted by Crippen LogP contribution is -2.10. The topological polar surface area (TPSA) is 70.2 Å². The van der Waals surface area contributed by atoms with Crippen LogP contribution in [0, 0.1) is 0 Å². The van der Waals surface area contributed by atoms with Crippen LogP contribution in [0.2, 0.25) is 0 Å². The number of furan rings is 1. The van der Waals surface area contributed by atoms with Gasteiger partial charge < -0.3 is 13.7 Å². The third kappa shape index (κ3) is 4.30. The Morgan fingerprint density at radius 2 is 1.86 bits per heavy atom. The first-order valence-electron chi connectivity index (χ1n) is 9.17. The van der Waals surface area contributed by atoms with Crippen molar-refractivity contribution < 1.29 is 13.9 Å². The van der Waals surface area contributed by atoms with Gasteiger partial charge in [-0.25, -0.2) is 4.79 Å². The highest BCUT2D eigenvalue weighted by Gasteiger charge is 2.17. The maximum absolute atomic E-state index is 11.5. The third-order valence-corrected chi connectivity index (χ3v) is 5.42. The van der Waals surface area contributed by atoms with Gasteiger partial charge >= 0.3 is 5.97 Å². The van der Waals surface area contributed by atoms with Crippen LogP contribution in [0.1, 0.15) is 49.6 Å². The molecule has 0 spiro atoms. The summed E-state index contributed by atoms with van der Waals surface area (Å²) in [5, 5.41) is 9.56. The summed E-state index contributed by atoms with van der Waals surface area (Å²) in [4.78, 5) is 11.5. The second-order valence-electron chi connectivity index (χ2n) is 7.42. The van der Waals surface area contributed by atoms with Gasteiger partial charge in [-0.1, -0.05) is 56.8 Å². The highest BCUT2D eigenvalue weighted by Crippen LogP contribution is 2.29. The average Bonchev–Trinajstić information content (AvgIpc) is 3.31. The van der Waals surface area contributed by atoms with E-state index in [0.29, 0.717) is 11.5 Å². The predicted molar refractivity (Wildman–Crippen MR) is 109 cm³/mol. The van der Waals surface area contributed by atoms with Gasteiger partial charge in [-0.05, 0) is 30.0 Å². The van der Waals surface area contributed by atoms with Crippen molar-refractivity contribution in [3.8, 4) is 11.4 Å². The molecule has 28 heavy (non-hydrogen) atoms. The van der Waals surface area contributed by atoms with E-state index < -0.39 is 5.97 Å². The van der Waals surface area contributed by atoms with Gasteiger partial charge in [0.15, 0.2) is 11.0 Å². The Balaban J connectivity index is 1.76. The Morgan fingerprint density at radius 3 is 2.46 bits per heavy atom. The van der Waals surface area contributed by atoms with Crippen LogP contribution in [-0.4, -0.2) is 27.8 Å². The molecule has 0 saturated heterocycles. The van der Waals surface area contributed by atoms with Crippen molar-refractivity contribution in [1.82, 2.24) is 14.8 Å². The van der Waals surface area contributed by atoms with Gasteiger partial charge in [0.05, 0.1) is 12.9 Å². The van der Waals surface area contributed by atoms with E-state index in [4.69, 9.17) is 4.42 Å². The minimum atomic E-state index is -0.478. The van der Waals surface area contributed by atoms with Crippen molar-refractivity contribution >= 4 is 17.7 Å². The van der Waals surface area contributed by atoms with Gasteiger partial charge in [0.1, 0.15) is 5.76 Å². The third-order valence-electron chi connectivity index (χ3n) is 4.43. The van der Waals surface area contributed by atoms with E-state index in [1.807, 2.05) is 0 Å². The number of esters is 1. The largest absolute Gasteiger partial charge is 0.463 e. The number of carbonyl (C=O) groups excluding carboxylic acids is 1. The Kier molecular flexibility index (Phi) is 5.93. The fraction of sp³-hybridized carbons (Fsp3) is 0.381. The molecular formula is C21H25N3O3S. The number of benzene rings is 1. The minimum absolute atomic E-state index is 0.115. The van der Waals surface area contributed by atoms with Crippen LogP contribution in [0.15, 0.2) is 46.0 Å². The number of methoxy groups -OCH3 is 1. The molecule has 0 fully saturated rings. The van der Waals surface area contributed by atoms with E-state index in [1.165, 1.54) is 24.4 Å². The van der Waals surface area contributed by atoms with Gasteiger partial charge in [0.25, 0.3) is 0 Å². The van der Waals surface area contributed by atoms with Crippen LogP contribution in [0.4, 0.5) is 0 Å². The molecule has 2 heterocycles. The standard InChI is InChI=1S/C21H25N3O3S/c1-6-24-18(14-7-9-15(10-8-14)21(2,3)4)22-23-20(24)28-13-16-11-12-17(27-16)19(25)26-5/h7-12H,6,13H2,1-5H3. The Hall–Kier alpha value is -2.54. The zero-order chi connectivity index (χ0) is 20.3. The van der Waals surface area contributed by atoms with E-state index in [1.54, 1.807) is 12.1 Å². The number of rotatable bonds is 6. The predicted octanol–water partition coefficient (Wildman–Crippen LogP) is 4.93. The molecule has 0 aliphatic heterocycles. The first kappa shape index (κ1) is 20.2. The first-order chi connectivity index (χ1) is 13.3. The van der Waals surface area contributed by atoms with Gasteiger partial charge in [-0.2, -0.15) is 0 Å². The first-order valence-corrected chi connectivity index (χ1v) is 10.2. The second-order valence-corrected chi connectivity index (χ2v) is 8.37. The zero-order valence-electron chi connectivity index (χ0n) is 16.9. The summed E-state index contributed by atoms with van der Waals surface area (Å²) in [7, 11) is 1.33. The summed E-state index contributed by atoms with van der Waals surface area (Å²) < 4.78 is 12.3. The van der Waals surface area contributed by atoms with Crippen LogP contribution in [-0.2, 0) is 22.4 Å². The number of aromatic nitrogens is 3. The summed E-state index contributed by atoms with van der Waals surface area (Å²) in [5.74, 6) is 1.81. The molecule has 0 atom stereocenters. The van der Waals surface area contributed by atoms with Crippen molar-refractivity contribution in [3.05, 3.63) is 53.5 Å². The highest BCUT2D eigenvalue weighted by atomic mass is 32.2. The minimum Gasteiger partial charge on any atom is -0.463 e. The molecule has 1 aromatic carbocycles. The number of thioether (sulfide) groups is 1. The Labute approximate surface area is 169 Å². The number of carbonyl (C=O) groups is 1. The molecule has 148 valence electrons. The van der Waals surface area contributed by atoms with Gasteiger partial charge in [-0.3, -0.25) is 0 Å². The summed E-state index contributed by atoms with van der Waals surface area (Å²) in [6, 6.07) is 11.9. The van der Waals surface area contributed by atoms with E-state index >= 15 is 0 Å². The molecule has 0 N–H and O–H groups in total. The number of nitrogens with zero attached hydrogens (tertiary/aromatic N) is 3. The molecule has 0 radical (unpaired) electrons. The molecule has 0 aliphatic rings. The SMILES string of the molecule is CCn1c(SCc2ccc(C(=O)OC)o2)nnc1-c1ccc(C(C)(C)C)cc1. The summed E-state index contributed by atoms with van der Waals surface area (Å²) in [6.07, 6.45) is 0. The highest BCUT2D eigenvalue weighted by molar-refractivity contribution is 7.98. The number of ether oxygens (including phenoxy) is 1. The molecule has 7 heteroatoms. The molecule has 3 aromatic rings. The fourth-order valence-electron chi connectivity index (χ4n) is 2.81. The van der Waals surface area contributed by atoms with Crippen molar-refractivity contribution in [3.63, 3.8) is 0 Å². The number of hydrogen-bond donors (Lipinski definition) is 0. The summed E-state index contributed by atoms with van der Waals surface area (Å²) >= 11 is 1.52. The van der Waals surface area contributed by atoms with Crippen molar-refractivity contribution in [2.45, 2.75) is 50.6 Å². The summed E-state index contributed by atoms with van der Waals surface area (Å²) in [5.41, 5.74) is 2.44. The van der Waals surface area contributed by atoms with E-state index in [0.717, 1.165) is 23.1 Å². The van der Waals surface area contributed by atoms with E-state index in [-0.39, 0.29) is 11.2 Å². The summed E-state index contributed by atoms with van der Waals surface area (Å²) in [6.45, 7) is 9.43. The quantitative estimate of drug-likeness (QED) is 0.432. The van der Waals surface area contributed by atoms with Gasteiger partial charge in [-0.15, -0.1) is 10.2 Å². The van der Waals surface area contributed by atoms with Crippen LogP contribution < -0.4 is 0 Å². The Morgan fingerprint density at radius 1 is 1.14 bits per heavy atom. The lowest BCUT2D eigenvalue weighted by molar-refractivity contribution is 0.0563. The number of hydrogen-bond acceptors (Lipinski definition) is 6. The van der Waals surface area contributed by atoms with Crippen molar-refractivity contribution in [1.29, 1.82) is 0 Å². The van der Waals surface area contributed by atoms with Crippen LogP contribution in [0.3, 0.4) is 0 Å². The molecule has 2 aromatic heterocycles. The molecule has 0 aliphatic carbocycles. The Bertz CT molecular complexity index is 952. The fourth-order valence-corrected chi connectivity index (χ4v) is 3.71. The van der Waals surface area contributed by atoms with Crippen LogP contribution in [0.25, 0.3) is 11.4 Å². The average molecular weight is 400 g/mol. The molecule has 0 saturated carbocycles. The maximum atomic E-state index is 11.5. The molecule has 6 nitrogen and oxygen atoms in total. The van der Waals surface area contributed by atoms with E-state index in [2.05, 4.69) is 71.5 Å². The zero-order valence-corrected chi connectivity index (χ0v) is 17.7. The lowest BCUT2D eigenvalue weighted by atomic mass is 9.87. The van der Waals surface area contributed by atoms with Crippen molar-refractivity contribution in [2.75, 3.05) is 7.11 Å². The molecule has 0 unspecified atom stereocenters. The van der Waals surface area contributed by atoms with Crippen LogP contribution in [0.5, 0.6) is 0 Å². The van der Waals surface area contributed by atoms with Crippen LogP contribution >= 0.6 is 11.8 Å². The van der Waals surface area contributed by atoms with E-state index in [9.17, 15) is 4.79 Å². The monoisotopic (exact) mass is 399 g/mol. The molecular weight excluding hydrogens is 374 g/mol. The van der Waals surface area contributed by atoms with Crippen molar-refractivity contribution in [2.24, 2.45) is 0 Å². The maximum Gasteiger partial charge on any atom is 0.373 e. The smallest absolute Gasteiger partial charge is 0.373 e. The second kappa shape index (κ2) is 8.22. The molecule has 3 rings (SSSR count).